The Morgan fingerprint density at radius 3 is 2.71 bits per heavy atom. The van der Waals surface area contributed by atoms with Crippen LogP contribution in [0.4, 0.5) is 5.95 Å². The summed E-state index contributed by atoms with van der Waals surface area (Å²) in [5.41, 5.74) is 9.02. The van der Waals surface area contributed by atoms with E-state index in [0.29, 0.717) is 5.96 Å². The largest absolute Gasteiger partial charge is 0.370 e. The van der Waals surface area contributed by atoms with Crippen molar-refractivity contribution in [1.29, 1.82) is 0 Å². The van der Waals surface area contributed by atoms with Crippen LogP contribution >= 0.6 is 22.6 Å². The molecule has 4 rings (SSSR count). The summed E-state index contributed by atoms with van der Waals surface area (Å²) in [6, 6.07) is 16.2. The van der Waals surface area contributed by atoms with Crippen LogP contribution < -0.4 is 11.1 Å². The predicted octanol–water partition coefficient (Wildman–Crippen LogP) is 2.93. The van der Waals surface area contributed by atoms with Crippen molar-refractivity contribution in [2.45, 2.75) is 6.17 Å². The lowest BCUT2D eigenvalue weighted by Crippen LogP contribution is -2.31. The molecule has 1 aliphatic heterocycles. The first kappa shape index (κ1) is 12.6. The fourth-order valence-corrected chi connectivity index (χ4v) is 3.28. The standard InChI is InChI=1S/C15H12IN5/c16-10-6-2-1-5-9(10)13-19-14(17)20-15-18-11-7-3-4-8-12(11)21(13)15/h1-8,13H,(H3,17,18,19,20)/t13-/m1/s1. The van der Waals surface area contributed by atoms with Gasteiger partial charge >= 0.3 is 0 Å². The molecular weight excluding hydrogens is 377 g/mol. The minimum atomic E-state index is -0.193. The number of fused-ring (bicyclic) bond motifs is 3. The highest BCUT2D eigenvalue weighted by Gasteiger charge is 2.25. The second kappa shape index (κ2) is 4.73. The predicted molar refractivity (Wildman–Crippen MR) is 92.3 cm³/mol. The third-order valence-corrected chi connectivity index (χ3v) is 4.51. The summed E-state index contributed by atoms with van der Waals surface area (Å²) in [5, 5.41) is 3.05. The molecule has 5 nitrogen and oxygen atoms in total. The summed E-state index contributed by atoms with van der Waals surface area (Å²) in [4.78, 5) is 9.18. The first-order valence-corrected chi connectivity index (χ1v) is 7.63. The van der Waals surface area contributed by atoms with Crippen LogP contribution in [0.2, 0.25) is 0 Å². The van der Waals surface area contributed by atoms with Crippen molar-refractivity contribution < 1.29 is 0 Å². The quantitative estimate of drug-likeness (QED) is 0.629. The van der Waals surface area contributed by atoms with Gasteiger partial charge in [-0.05, 0) is 40.8 Å². The number of nitrogens with two attached hydrogens (primary N) is 1. The molecule has 104 valence electrons. The van der Waals surface area contributed by atoms with E-state index >= 15 is 0 Å². The number of nitrogens with one attached hydrogen (secondary N) is 1. The zero-order valence-corrected chi connectivity index (χ0v) is 13.2. The molecule has 0 amide bonds. The van der Waals surface area contributed by atoms with Gasteiger partial charge in [-0.15, -0.1) is 0 Å². The van der Waals surface area contributed by atoms with E-state index in [-0.39, 0.29) is 6.17 Å². The fraction of sp³-hybridized carbons (Fsp3) is 0.0667. The number of hydrogen-bond acceptors (Lipinski definition) is 4. The number of anilines is 1. The number of imidazole rings is 1. The summed E-state index contributed by atoms with van der Waals surface area (Å²) in [6.07, 6.45) is -0.193. The van der Waals surface area contributed by atoms with E-state index < -0.39 is 0 Å². The van der Waals surface area contributed by atoms with Crippen LogP contribution in [0.25, 0.3) is 11.0 Å². The highest BCUT2D eigenvalue weighted by molar-refractivity contribution is 14.1. The Hall–Kier alpha value is -2.09. The molecule has 6 heteroatoms. The number of nitrogens with zero attached hydrogens (tertiary/aromatic N) is 3. The highest BCUT2D eigenvalue weighted by Crippen LogP contribution is 2.33. The second-order valence-corrected chi connectivity index (χ2v) is 5.99. The Morgan fingerprint density at radius 2 is 1.86 bits per heavy atom. The van der Waals surface area contributed by atoms with Crippen LogP contribution in [0.5, 0.6) is 0 Å². The van der Waals surface area contributed by atoms with Gasteiger partial charge in [0.25, 0.3) is 0 Å². The molecule has 2 aromatic carbocycles. The Labute approximate surface area is 135 Å². The summed E-state index contributed by atoms with van der Waals surface area (Å²) in [7, 11) is 0. The molecule has 1 atom stereocenters. The van der Waals surface area contributed by atoms with E-state index in [9.17, 15) is 0 Å². The van der Waals surface area contributed by atoms with Gasteiger partial charge in [-0.1, -0.05) is 30.3 Å². The SMILES string of the molecule is NC1=N[C@@H](c2ccccc2I)n2c(nc3ccccc32)N1. The molecule has 0 saturated heterocycles. The molecule has 0 unspecified atom stereocenters. The van der Waals surface area contributed by atoms with Crippen molar-refractivity contribution in [3.63, 3.8) is 0 Å². The summed E-state index contributed by atoms with van der Waals surface area (Å²) in [5.74, 6) is 1.12. The minimum Gasteiger partial charge on any atom is -0.370 e. The van der Waals surface area contributed by atoms with E-state index in [4.69, 9.17) is 5.73 Å². The third-order valence-electron chi connectivity index (χ3n) is 3.53. The van der Waals surface area contributed by atoms with E-state index in [1.807, 2.05) is 36.4 Å². The minimum absolute atomic E-state index is 0.193. The molecule has 0 fully saturated rings. The third kappa shape index (κ3) is 1.98. The van der Waals surface area contributed by atoms with Crippen LogP contribution in [0, 0.1) is 3.57 Å². The van der Waals surface area contributed by atoms with Gasteiger partial charge < -0.3 is 5.73 Å². The lowest BCUT2D eigenvalue weighted by molar-refractivity contribution is 0.623. The Balaban J connectivity index is 2.00. The number of aliphatic imine (C=N–C) groups is 1. The zero-order valence-electron chi connectivity index (χ0n) is 11.0. The molecule has 0 saturated carbocycles. The average molecular weight is 389 g/mol. The summed E-state index contributed by atoms with van der Waals surface area (Å²) >= 11 is 2.33. The van der Waals surface area contributed by atoms with E-state index in [0.717, 1.165) is 26.1 Å². The van der Waals surface area contributed by atoms with Crippen LogP contribution in [0.3, 0.4) is 0 Å². The maximum Gasteiger partial charge on any atom is 0.212 e. The molecule has 0 bridgehead atoms. The number of benzene rings is 2. The zero-order chi connectivity index (χ0) is 14.4. The molecular formula is C15H12IN5. The average Bonchev–Trinajstić information content (AvgIpc) is 2.85. The van der Waals surface area contributed by atoms with Crippen molar-refractivity contribution in [2.24, 2.45) is 10.7 Å². The number of halogens is 1. The normalized spacial score (nSPS) is 17.2. The second-order valence-electron chi connectivity index (χ2n) is 4.83. The fourth-order valence-electron chi connectivity index (χ4n) is 2.61. The number of hydrogen-bond donors (Lipinski definition) is 2. The summed E-state index contributed by atoms with van der Waals surface area (Å²) < 4.78 is 3.24. The maximum atomic E-state index is 5.93. The van der Waals surface area contributed by atoms with Crippen molar-refractivity contribution >= 4 is 45.5 Å². The van der Waals surface area contributed by atoms with Crippen molar-refractivity contribution in [1.82, 2.24) is 9.55 Å². The van der Waals surface area contributed by atoms with Gasteiger partial charge in [0.1, 0.15) is 0 Å². The summed E-state index contributed by atoms with van der Waals surface area (Å²) in [6.45, 7) is 0. The van der Waals surface area contributed by atoms with Gasteiger partial charge in [0, 0.05) is 9.13 Å². The molecule has 3 aromatic rings. The van der Waals surface area contributed by atoms with Crippen LogP contribution in [-0.4, -0.2) is 15.5 Å². The van der Waals surface area contributed by atoms with Gasteiger partial charge in [-0.25, -0.2) is 9.98 Å². The first-order chi connectivity index (χ1) is 10.2. The lowest BCUT2D eigenvalue weighted by Gasteiger charge is -2.24. The van der Waals surface area contributed by atoms with E-state index in [2.05, 4.69) is 54.6 Å². The topological polar surface area (TPSA) is 68.2 Å². The monoisotopic (exact) mass is 389 g/mol. The van der Waals surface area contributed by atoms with Crippen LogP contribution in [0.1, 0.15) is 11.7 Å². The molecule has 0 spiro atoms. The highest BCUT2D eigenvalue weighted by atomic mass is 127. The van der Waals surface area contributed by atoms with E-state index in [1.165, 1.54) is 0 Å². The van der Waals surface area contributed by atoms with E-state index in [1.54, 1.807) is 0 Å². The van der Waals surface area contributed by atoms with Crippen molar-refractivity contribution in [3.05, 3.63) is 57.7 Å². The molecule has 3 N–H and O–H groups in total. The van der Waals surface area contributed by atoms with Gasteiger partial charge in [0.2, 0.25) is 5.95 Å². The van der Waals surface area contributed by atoms with Gasteiger partial charge in [0.05, 0.1) is 11.0 Å². The molecule has 0 aliphatic carbocycles. The van der Waals surface area contributed by atoms with Gasteiger partial charge in [0.15, 0.2) is 12.1 Å². The number of para-hydroxylation sites is 2. The lowest BCUT2D eigenvalue weighted by atomic mass is 10.1. The number of guanidine groups is 1. The molecule has 1 aliphatic rings. The Bertz CT molecular complexity index is 867. The molecule has 0 radical (unpaired) electrons. The number of rotatable bonds is 1. The van der Waals surface area contributed by atoms with Crippen molar-refractivity contribution in [2.75, 3.05) is 5.32 Å². The van der Waals surface area contributed by atoms with Crippen LogP contribution in [-0.2, 0) is 0 Å². The molecule has 1 aromatic heterocycles. The van der Waals surface area contributed by atoms with Gasteiger partial charge in [-0.3, -0.25) is 9.88 Å². The molecule has 2 heterocycles. The van der Waals surface area contributed by atoms with Gasteiger partial charge in [-0.2, -0.15) is 0 Å². The first-order valence-electron chi connectivity index (χ1n) is 6.56. The Kier molecular flexibility index (Phi) is 2.85. The maximum absolute atomic E-state index is 5.93. The van der Waals surface area contributed by atoms with Crippen molar-refractivity contribution in [3.8, 4) is 0 Å². The smallest absolute Gasteiger partial charge is 0.212 e. The Morgan fingerprint density at radius 1 is 1.10 bits per heavy atom. The number of aromatic nitrogens is 2. The van der Waals surface area contributed by atoms with Crippen LogP contribution in [0.15, 0.2) is 53.5 Å². The molecule has 21 heavy (non-hydrogen) atoms.